The molecule has 5 heteroatoms. The fraction of sp³-hybridized carbons (Fsp3) is 0.857. The third-order valence-corrected chi connectivity index (χ3v) is 2.07. The predicted molar refractivity (Wildman–Crippen MR) is 42.4 cm³/mol. The Morgan fingerprint density at radius 3 is 2.83 bits per heavy atom. The van der Waals surface area contributed by atoms with Gasteiger partial charge in [-0.25, -0.2) is 0 Å². The number of aliphatic hydroxyl groups is 1. The SMILES string of the molecule is CO[C@H]1CN(C(=O)CN)C[C@@H]1O. The lowest BCUT2D eigenvalue weighted by atomic mass is 10.3. The Bertz CT molecular complexity index is 174. The van der Waals surface area contributed by atoms with Gasteiger partial charge >= 0.3 is 0 Å². The number of carbonyl (C=O) groups excluding carboxylic acids is 1. The molecular formula is C7H14N2O3. The lowest BCUT2D eigenvalue weighted by molar-refractivity contribution is -0.129. The summed E-state index contributed by atoms with van der Waals surface area (Å²) in [5, 5.41) is 9.34. The van der Waals surface area contributed by atoms with Crippen LogP contribution in [0.1, 0.15) is 0 Å². The molecule has 0 bridgehead atoms. The normalized spacial score (nSPS) is 29.4. The van der Waals surface area contributed by atoms with Crippen LogP contribution in [0, 0.1) is 0 Å². The van der Waals surface area contributed by atoms with Crippen LogP contribution in [0.4, 0.5) is 0 Å². The second-order valence-electron chi connectivity index (χ2n) is 2.84. The zero-order valence-electron chi connectivity index (χ0n) is 7.06. The summed E-state index contributed by atoms with van der Waals surface area (Å²) >= 11 is 0. The number of nitrogens with zero attached hydrogens (tertiary/aromatic N) is 1. The van der Waals surface area contributed by atoms with Gasteiger partial charge in [0, 0.05) is 20.2 Å². The number of aliphatic hydroxyl groups excluding tert-OH is 1. The van der Waals surface area contributed by atoms with Crippen molar-refractivity contribution in [1.82, 2.24) is 4.90 Å². The van der Waals surface area contributed by atoms with E-state index in [9.17, 15) is 9.90 Å². The summed E-state index contributed by atoms with van der Waals surface area (Å²) < 4.78 is 4.96. The molecule has 1 heterocycles. The molecule has 5 nitrogen and oxygen atoms in total. The van der Waals surface area contributed by atoms with Crippen molar-refractivity contribution >= 4 is 5.91 Å². The average molecular weight is 174 g/mol. The van der Waals surface area contributed by atoms with E-state index in [1.54, 1.807) is 0 Å². The molecule has 70 valence electrons. The number of ether oxygens (including phenoxy) is 1. The first-order valence-corrected chi connectivity index (χ1v) is 3.87. The van der Waals surface area contributed by atoms with E-state index in [1.807, 2.05) is 0 Å². The summed E-state index contributed by atoms with van der Waals surface area (Å²) in [7, 11) is 1.52. The molecule has 1 saturated heterocycles. The fourth-order valence-corrected chi connectivity index (χ4v) is 1.32. The summed E-state index contributed by atoms with van der Waals surface area (Å²) in [6, 6.07) is 0. The molecule has 0 radical (unpaired) electrons. The number of methoxy groups -OCH3 is 1. The van der Waals surface area contributed by atoms with Gasteiger partial charge in [0.05, 0.1) is 12.6 Å². The van der Waals surface area contributed by atoms with Crippen molar-refractivity contribution in [3.63, 3.8) is 0 Å². The van der Waals surface area contributed by atoms with E-state index in [1.165, 1.54) is 12.0 Å². The smallest absolute Gasteiger partial charge is 0.236 e. The van der Waals surface area contributed by atoms with Crippen LogP contribution in [0.25, 0.3) is 0 Å². The van der Waals surface area contributed by atoms with Crippen LogP contribution in [0.15, 0.2) is 0 Å². The molecule has 0 unspecified atom stereocenters. The molecule has 0 aliphatic carbocycles. The Morgan fingerprint density at radius 2 is 2.42 bits per heavy atom. The van der Waals surface area contributed by atoms with Gasteiger partial charge in [0.15, 0.2) is 0 Å². The molecule has 1 fully saturated rings. The number of hydrogen-bond donors (Lipinski definition) is 2. The summed E-state index contributed by atoms with van der Waals surface area (Å²) in [4.78, 5) is 12.6. The van der Waals surface area contributed by atoms with Crippen molar-refractivity contribution in [2.75, 3.05) is 26.7 Å². The fourth-order valence-electron chi connectivity index (χ4n) is 1.32. The molecule has 1 aliphatic heterocycles. The van der Waals surface area contributed by atoms with Crippen LogP contribution in [-0.2, 0) is 9.53 Å². The van der Waals surface area contributed by atoms with Crippen molar-refractivity contribution in [1.29, 1.82) is 0 Å². The molecule has 0 spiro atoms. The highest BCUT2D eigenvalue weighted by Gasteiger charge is 2.33. The van der Waals surface area contributed by atoms with E-state index in [0.29, 0.717) is 13.1 Å². The molecule has 0 aromatic heterocycles. The van der Waals surface area contributed by atoms with Gasteiger partial charge < -0.3 is 20.5 Å². The third-order valence-electron chi connectivity index (χ3n) is 2.07. The summed E-state index contributed by atoms with van der Waals surface area (Å²) in [6.07, 6.45) is -0.842. The topological polar surface area (TPSA) is 75.8 Å². The van der Waals surface area contributed by atoms with Gasteiger partial charge in [0.2, 0.25) is 5.91 Å². The van der Waals surface area contributed by atoms with E-state index in [0.717, 1.165) is 0 Å². The number of nitrogens with two attached hydrogens (primary N) is 1. The van der Waals surface area contributed by atoms with Gasteiger partial charge in [-0.1, -0.05) is 0 Å². The molecule has 0 aromatic carbocycles. The number of likely N-dealkylation sites (tertiary alicyclic amines) is 1. The number of rotatable bonds is 2. The van der Waals surface area contributed by atoms with Crippen LogP contribution in [0.5, 0.6) is 0 Å². The number of hydrogen-bond acceptors (Lipinski definition) is 4. The molecule has 1 rings (SSSR count). The maximum atomic E-state index is 11.1. The first-order chi connectivity index (χ1) is 5.69. The molecular weight excluding hydrogens is 160 g/mol. The van der Waals surface area contributed by atoms with Gasteiger partial charge in [0.1, 0.15) is 6.10 Å². The molecule has 0 saturated carbocycles. The minimum atomic E-state index is -0.578. The summed E-state index contributed by atoms with van der Waals surface area (Å²) in [5.74, 6) is -0.145. The number of carbonyl (C=O) groups is 1. The highest BCUT2D eigenvalue weighted by atomic mass is 16.5. The first-order valence-electron chi connectivity index (χ1n) is 3.87. The van der Waals surface area contributed by atoms with Gasteiger partial charge in [-0.2, -0.15) is 0 Å². The monoisotopic (exact) mass is 174 g/mol. The molecule has 1 aliphatic rings. The second-order valence-corrected chi connectivity index (χ2v) is 2.84. The molecule has 12 heavy (non-hydrogen) atoms. The van der Waals surface area contributed by atoms with Crippen LogP contribution in [0.3, 0.4) is 0 Å². The van der Waals surface area contributed by atoms with Crippen molar-refractivity contribution in [3.05, 3.63) is 0 Å². The van der Waals surface area contributed by atoms with Crippen LogP contribution >= 0.6 is 0 Å². The third kappa shape index (κ3) is 1.74. The maximum Gasteiger partial charge on any atom is 0.236 e. The van der Waals surface area contributed by atoms with Crippen molar-refractivity contribution in [2.45, 2.75) is 12.2 Å². The molecule has 0 aromatic rings. The Morgan fingerprint density at radius 1 is 1.75 bits per heavy atom. The van der Waals surface area contributed by atoms with E-state index in [2.05, 4.69) is 0 Å². The Labute approximate surface area is 71.1 Å². The van der Waals surface area contributed by atoms with E-state index < -0.39 is 6.10 Å². The van der Waals surface area contributed by atoms with Gasteiger partial charge in [0.25, 0.3) is 0 Å². The maximum absolute atomic E-state index is 11.1. The van der Waals surface area contributed by atoms with E-state index in [-0.39, 0.29) is 18.6 Å². The summed E-state index contributed by atoms with van der Waals surface area (Å²) in [6.45, 7) is 0.755. The first kappa shape index (κ1) is 9.44. The van der Waals surface area contributed by atoms with Crippen LogP contribution in [-0.4, -0.2) is 54.9 Å². The largest absolute Gasteiger partial charge is 0.388 e. The quantitative estimate of drug-likeness (QED) is 0.516. The van der Waals surface area contributed by atoms with Crippen molar-refractivity contribution in [3.8, 4) is 0 Å². The lowest BCUT2D eigenvalue weighted by Crippen LogP contribution is -2.35. The zero-order valence-corrected chi connectivity index (χ0v) is 7.06. The second kappa shape index (κ2) is 3.84. The minimum absolute atomic E-state index is 0.0108. The Balaban J connectivity index is 2.48. The predicted octanol–water partition coefficient (Wildman–Crippen LogP) is -1.84. The molecule has 1 amide bonds. The zero-order chi connectivity index (χ0) is 9.14. The number of amides is 1. The van der Waals surface area contributed by atoms with Gasteiger partial charge in [-0.15, -0.1) is 0 Å². The van der Waals surface area contributed by atoms with Gasteiger partial charge in [-0.3, -0.25) is 4.79 Å². The van der Waals surface area contributed by atoms with Gasteiger partial charge in [-0.05, 0) is 0 Å². The number of β-amino-alcohol motifs (C(OH)–C–C–N with tert-alkyl or cyclic N) is 1. The van der Waals surface area contributed by atoms with Crippen molar-refractivity contribution < 1.29 is 14.6 Å². The average Bonchev–Trinajstić information content (AvgIpc) is 2.45. The lowest BCUT2D eigenvalue weighted by Gasteiger charge is -2.13. The van der Waals surface area contributed by atoms with Crippen LogP contribution in [0.2, 0.25) is 0 Å². The Hall–Kier alpha value is -0.650. The molecule has 2 atom stereocenters. The van der Waals surface area contributed by atoms with E-state index >= 15 is 0 Å². The Kier molecular flexibility index (Phi) is 3.02. The minimum Gasteiger partial charge on any atom is -0.388 e. The highest BCUT2D eigenvalue weighted by Crippen LogP contribution is 2.12. The van der Waals surface area contributed by atoms with Crippen LogP contribution < -0.4 is 5.73 Å². The van der Waals surface area contributed by atoms with Crippen molar-refractivity contribution in [2.24, 2.45) is 5.73 Å². The molecule has 3 N–H and O–H groups in total. The standard InChI is InChI=1S/C7H14N2O3/c1-12-6-4-9(3-5(6)10)7(11)2-8/h5-6,10H,2-4,8H2,1H3/t5-,6-/m0/s1. The highest BCUT2D eigenvalue weighted by molar-refractivity contribution is 5.78. The van der Waals surface area contributed by atoms with E-state index in [4.69, 9.17) is 10.5 Å². The summed E-state index contributed by atoms with van der Waals surface area (Å²) in [5.41, 5.74) is 5.17.